The van der Waals surface area contributed by atoms with Crippen LogP contribution >= 0.6 is 22.9 Å². The maximum absolute atomic E-state index is 6.73. The molecular weight excluding hydrogens is 336 g/mol. The van der Waals surface area contributed by atoms with Gasteiger partial charge in [0.2, 0.25) is 0 Å². The fraction of sp³-hybridized carbons (Fsp3) is 0.0476. The summed E-state index contributed by atoms with van der Waals surface area (Å²) in [7, 11) is 0. The Hall–Kier alpha value is -2.29. The van der Waals surface area contributed by atoms with Gasteiger partial charge >= 0.3 is 0 Å². The number of rotatable bonds is 2. The first-order valence-electron chi connectivity index (χ1n) is 7.70. The summed E-state index contributed by atoms with van der Waals surface area (Å²) in [5.74, 6) is 1.49. The predicted octanol–water partition coefficient (Wildman–Crippen LogP) is 6.44. The molecular formula is C21H15ClOS. The van der Waals surface area contributed by atoms with E-state index in [1.807, 2.05) is 53.9 Å². The van der Waals surface area contributed by atoms with Crippen LogP contribution in [0, 0.1) is 0 Å². The highest BCUT2D eigenvalue weighted by atomic mass is 35.5. The second-order valence-electron chi connectivity index (χ2n) is 5.63. The topological polar surface area (TPSA) is 9.23 Å². The zero-order valence-corrected chi connectivity index (χ0v) is 14.5. The molecule has 118 valence electrons. The Balaban J connectivity index is 1.94. The molecule has 1 aliphatic rings. The lowest BCUT2D eigenvalue weighted by Crippen LogP contribution is -2.03. The highest BCUT2D eigenvalue weighted by Gasteiger charge is 2.29. The molecule has 1 atom stereocenters. The Bertz CT molecular complexity index is 910. The molecule has 0 unspecified atom stereocenters. The van der Waals surface area contributed by atoms with Gasteiger partial charge in [-0.05, 0) is 28.6 Å². The maximum atomic E-state index is 6.73. The molecule has 1 nitrogen and oxygen atoms in total. The lowest BCUT2D eigenvalue weighted by molar-refractivity contribution is 0.512. The molecule has 1 aromatic heterocycles. The molecule has 0 fully saturated rings. The van der Waals surface area contributed by atoms with Gasteiger partial charge in [0.1, 0.15) is 5.75 Å². The van der Waals surface area contributed by atoms with Crippen molar-refractivity contribution in [2.45, 2.75) is 5.92 Å². The van der Waals surface area contributed by atoms with Crippen molar-refractivity contribution in [2.75, 3.05) is 0 Å². The van der Waals surface area contributed by atoms with Crippen molar-refractivity contribution in [2.24, 2.45) is 0 Å². The summed E-state index contributed by atoms with van der Waals surface area (Å²) in [5.41, 5.74) is 3.10. The van der Waals surface area contributed by atoms with E-state index in [2.05, 4.69) is 24.8 Å². The van der Waals surface area contributed by atoms with Gasteiger partial charge in [-0.3, -0.25) is 0 Å². The van der Waals surface area contributed by atoms with Crippen molar-refractivity contribution in [3.05, 3.63) is 105 Å². The normalized spacial score (nSPS) is 17.2. The Morgan fingerprint density at radius 2 is 1.67 bits per heavy atom. The Kier molecular flexibility index (Phi) is 4.01. The van der Waals surface area contributed by atoms with Gasteiger partial charge in [0.05, 0.1) is 9.91 Å². The summed E-state index contributed by atoms with van der Waals surface area (Å²) in [4.78, 5) is 1.00. The van der Waals surface area contributed by atoms with Crippen molar-refractivity contribution in [3.63, 3.8) is 0 Å². The average Bonchev–Trinajstić information content (AvgIpc) is 3.12. The fourth-order valence-electron chi connectivity index (χ4n) is 3.02. The minimum atomic E-state index is -0.0210. The van der Waals surface area contributed by atoms with Crippen LogP contribution in [0.5, 0.6) is 5.75 Å². The highest BCUT2D eigenvalue weighted by molar-refractivity contribution is 7.11. The minimum absolute atomic E-state index is 0.0210. The summed E-state index contributed by atoms with van der Waals surface area (Å²) in [6.07, 6.45) is 0. The number of hydrogen-bond donors (Lipinski definition) is 0. The zero-order chi connectivity index (χ0) is 16.5. The van der Waals surface area contributed by atoms with Gasteiger partial charge < -0.3 is 4.74 Å². The number of allylic oxidation sites excluding steroid dienone is 2. The minimum Gasteiger partial charge on any atom is -0.454 e. The number of thiophene rings is 1. The summed E-state index contributed by atoms with van der Waals surface area (Å²) in [6.45, 7) is 4.31. The fourth-order valence-corrected chi connectivity index (χ4v) is 4.04. The summed E-state index contributed by atoms with van der Waals surface area (Å²) in [6, 6.07) is 22.4. The van der Waals surface area contributed by atoms with Crippen LogP contribution in [-0.2, 0) is 0 Å². The van der Waals surface area contributed by atoms with Gasteiger partial charge in [-0.2, -0.15) is 0 Å². The van der Waals surface area contributed by atoms with Crippen LogP contribution in [0.15, 0.2) is 89.3 Å². The molecule has 4 rings (SSSR count). The van der Waals surface area contributed by atoms with E-state index >= 15 is 0 Å². The van der Waals surface area contributed by atoms with Crippen LogP contribution in [0.25, 0.3) is 5.76 Å². The van der Waals surface area contributed by atoms with Crippen molar-refractivity contribution in [3.8, 4) is 5.75 Å². The largest absolute Gasteiger partial charge is 0.454 e. The third-order valence-corrected chi connectivity index (χ3v) is 5.43. The monoisotopic (exact) mass is 350 g/mol. The smallest absolute Gasteiger partial charge is 0.163 e. The van der Waals surface area contributed by atoms with Crippen LogP contribution in [-0.4, -0.2) is 0 Å². The Morgan fingerprint density at radius 3 is 2.42 bits per heavy atom. The van der Waals surface area contributed by atoms with Gasteiger partial charge in [-0.15, -0.1) is 11.3 Å². The van der Waals surface area contributed by atoms with Crippen molar-refractivity contribution in [1.29, 1.82) is 0 Å². The summed E-state index contributed by atoms with van der Waals surface area (Å²) in [5, 5.41) is 2.60. The molecule has 0 spiro atoms. The molecule has 0 N–H and O–H groups in total. The van der Waals surface area contributed by atoms with Crippen molar-refractivity contribution in [1.82, 2.24) is 0 Å². The van der Waals surface area contributed by atoms with Crippen LogP contribution in [0.1, 0.15) is 21.9 Å². The van der Waals surface area contributed by atoms with Gasteiger partial charge in [-0.25, -0.2) is 0 Å². The quantitative estimate of drug-likeness (QED) is 0.517. The second kappa shape index (κ2) is 6.31. The molecule has 0 saturated carbocycles. The van der Waals surface area contributed by atoms with E-state index in [4.69, 9.17) is 16.3 Å². The van der Waals surface area contributed by atoms with Crippen LogP contribution < -0.4 is 4.74 Å². The third kappa shape index (κ3) is 2.58. The second-order valence-corrected chi connectivity index (χ2v) is 6.95. The van der Waals surface area contributed by atoms with Gasteiger partial charge in [0, 0.05) is 11.5 Å². The van der Waals surface area contributed by atoms with E-state index in [-0.39, 0.29) is 5.92 Å². The molecule has 24 heavy (non-hydrogen) atoms. The lowest BCUT2D eigenvalue weighted by Gasteiger charge is -2.19. The molecule has 1 aliphatic heterocycles. The Labute approximate surface area is 150 Å². The first kappa shape index (κ1) is 15.3. The number of halogens is 1. The van der Waals surface area contributed by atoms with E-state index in [1.54, 1.807) is 11.3 Å². The molecule has 3 heteroatoms. The number of hydrogen-bond acceptors (Lipinski definition) is 2. The first-order valence-corrected chi connectivity index (χ1v) is 8.96. The van der Waals surface area contributed by atoms with Crippen LogP contribution in [0.3, 0.4) is 0 Å². The maximum Gasteiger partial charge on any atom is 0.163 e. The van der Waals surface area contributed by atoms with Crippen molar-refractivity contribution >= 4 is 28.7 Å². The SMILES string of the molecule is C=C1C(Cl)=C(c2cccs2)Oc2ccccc2[C@@H]1c1ccccc1. The molecule has 0 radical (unpaired) electrons. The lowest BCUT2D eigenvalue weighted by atomic mass is 9.85. The molecule has 0 saturated heterocycles. The molecule has 0 amide bonds. The standard InChI is InChI=1S/C21H15ClOS/c1-14-19(15-8-3-2-4-9-15)16-10-5-6-11-17(16)23-21(20(14)22)18-12-7-13-24-18/h2-13,19H,1H2/t19-/m0/s1. The third-order valence-electron chi connectivity index (χ3n) is 4.15. The van der Waals surface area contributed by atoms with E-state index < -0.39 is 0 Å². The van der Waals surface area contributed by atoms with Crippen molar-refractivity contribution < 1.29 is 4.74 Å². The zero-order valence-electron chi connectivity index (χ0n) is 12.9. The highest BCUT2D eigenvalue weighted by Crippen LogP contribution is 2.46. The van der Waals surface area contributed by atoms with Crippen LogP contribution in [0.4, 0.5) is 0 Å². The molecule has 0 aliphatic carbocycles. The predicted molar refractivity (Wildman–Crippen MR) is 102 cm³/mol. The molecule has 3 aromatic rings. The summed E-state index contributed by atoms with van der Waals surface area (Å²) >= 11 is 8.33. The molecule has 2 heterocycles. The average molecular weight is 351 g/mol. The number of ether oxygens (including phenoxy) is 1. The van der Waals surface area contributed by atoms with Gasteiger partial charge in [-0.1, -0.05) is 72.8 Å². The molecule has 2 aromatic carbocycles. The Morgan fingerprint density at radius 1 is 0.917 bits per heavy atom. The number of benzene rings is 2. The number of para-hydroxylation sites is 1. The van der Waals surface area contributed by atoms with Crippen LogP contribution in [0.2, 0.25) is 0 Å². The molecule has 0 bridgehead atoms. The van der Waals surface area contributed by atoms with E-state index in [0.717, 1.165) is 27.3 Å². The number of fused-ring (bicyclic) bond motifs is 1. The van der Waals surface area contributed by atoms with E-state index in [1.165, 1.54) is 0 Å². The summed E-state index contributed by atoms with van der Waals surface area (Å²) < 4.78 is 6.23. The van der Waals surface area contributed by atoms with E-state index in [9.17, 15) is 0 Å². The van der Waals surface area contributed by atoms with E-state index in [0.29, 0.717) is 10.8 Å². The first-order chi connectivity index (χ1) is 11.8. The van der Waals surface area contributed by atoms with Gasteiger partial charge in [0.15, 0.2) is 5.76 Å². The van der Waals surface area contributed by atoms with Gasteiger partial charge in [0.25, 0.3) is 0 Å².